The van der Waals surface area contributed by atoms with Gasteiger partial charge in [0, 0.05) is 38.1 Å². The zero-order valence-electron chi connectivity index (χ0n) is 16.0. The van der Waals surface area contributed by atoms with Crippen molar-refractivity contribution in [2.75, 3.05) is 36.5 Å². The number of anilines is 2. The predicted octanol–water partition coefficient (Wildman–Crippen LogP) is 1.65. The number of hydrogen-bond acceptors (Lipinski definition) is 6. The number of hydrogen-bond donors (Lipinski definition) is 1. The molecule has 9 nitrogen and oxygen atoms in total. The molecule has 0 bridgehead atoms. The normalized spacial score (nSPS) is 14.3. The van der Waals surface area contributed by atoms with Crippen LogP contribution in [0.15, 0.2) is 35.5 Å². The number of nitrogens with one attached hydrogen (secondary N) is 1. The van der Waals surface area contributed by atoms with Gasteiger partial charge in [0.1, 0.15) is 5.39 Å². The molecule has 2 aromatic heterocycles. The van der Waals surface area contributed by atoms with Gasteiger partial charge >= 0.3 is 0 Å². The largest absolute Gasteiger partial charge is 0.378 e. The molecule has 1 aliphatic rings. The molecule has 0 radical (unpaired) electrons. The van der Waals surface area contributed by atoms with Gasteiger partial charge in [0.25, 0.3) is 5.56 Å². The minimum atomic E-state index is -0.215. The van der Waals surface area contributed by atoms with Gasteiger partial charge in [-0.3, -0.25) is 18.8 Å². The Morgan fingerprint density at radius 3 is 2.90 bits per heavy atom. The Bertz CT molecular complexity index is 1100. The molecule has 0 spiro atoms. The van der Waals surface area contributed by atoms with E-state index in [1.54, 1.807) is 23.9 Å². The van der Waals surface area contributed by atoms with E-state index >= 15 is 0 Å². The highest BCUT2D eigenvalue weighted by molar-refractivity contribution is 6.31. The molecular weight excluding hydrogens is 396 g/mol. The van der Waals surface area contributed by atoms with E-state index in [1.807, 2.05) is 6.07 Å². The van der Waals surface area contributed by atoms with Crippen LogP contribution in [0, 0.1) is 0 Å². The fourth-order valence-electron chi connectivity index (χ4n) is 3.35. The van der Waals surface area contributed by atoms with Gasteiger partial charge in [-0.1, -0.05) is 11.6 Å². The molecule has 3 aromatic rings. The monoisotopic (exact) mass is 416 g/mol. The Labute approximate surface area is 171 Å². The van der Waals surface area contributed by atoms with Crippen LogP contribution in [0.1, 0.15) is 6.42 Å². The van der Waals surface area contributed by atoms with Gasteiger partial charge < -0.3 is 15.0 Å². The second-order valence-corrected chi connectivity index (χ2v) is 7.24. The van der Waals surface area contributed by atoms with Gasteiger partial charge in [-0.15, -0.1) is 0 Å². The molecule has 0 atom stereocenters. The lowest BCUT2D eigenvalue weighted by atomic mass is 10.2. The Hall–Kier alpha value is -2.91. The zero-order chi connectivity index (χ0) is 20.4. The quantitative estimate of drug-likeness (QED) is 0.679. The third kappa shape index (κ3) is 4.10. The summed E-state index contributed by atoms with van der Waals surface area (Å²) < 4.78 is 8.36. The summed E-state index contributed by atoms with van der Waals surface area (Å²) in [5.41, 5.74) is 1.86. The van der Waals surface area contributed by atoms with Crippen molar-refractivity contribution in [2.24, 2.45) is 7.05 Å². The third-order valence-electron chi connectivity index (χ3n) is 4.88. The summed E-state index contributed by atoms with van der Waals surface area (Å²) in [4.78, 5) is 31.5. The van der Waals surface area contributed by atoms with Crippen LogP contribution < -0.4 is 15.8 Å². The van der Waals surface area contributed by atoms with Crippen LogP contribution in [-0.4, -0.2) is 51.5 Å². The lowest BCUT2D eigenvalue weighted by Crippen LogP contribution is -2.36. The van der Waals surface area contributed by atoms with E-state index in [4.69, 9.17) is 16.3 Å². The lowest BCUT2D eigenvalue weighted by molar-refractivity contribution is -0.116. The van der Waals surface area contributed by atoms with Crippen LogP contribution in [0.25, 0.3) is 11.0 Å². The number of rotatable bonds is 5. The van der Waals surface area contributed by atoms with Crippen molar-refractivity contribution in [1.82, 2.24) is 19.3 Å². The molecular formula is C19H21ClN6O3. The molecule has 3 heterocycles. The Balaban J connectivity index is 1.47. The van der Waals surface area contributed by atoms with Gasteiger partial charge in [0.05, 0.1) is 37.1 Å². The summed E-state index contributed by atoms with van der Waals surface area (Å²) in [6, 6.07) is 5.43. The van der Waals surface area contributed by atoms with Crippen LogP contribution in [0.2, 0.25) is 5.02 Å². The standard InChI is InChI=1S/C19H21ClN6O3/c1-24-18-14(11-22-24)19(28)26(12-21-18)5-4-17(27)23-15-10-13(20)2-3-16(15)25-6-8-29-9-7-25/h2-3,10-12H,4-9H2,1H3,(H,23,27). The number of carbonyl (C=O) groups is 1. The Kier molecular flexibility index (Phi) is 5.50. The van der Waals surface area contributed by atoms with Crippen LogP contribution in [0.5, 0.6) is 0 Å². The molecule has 1 amide bonds. The Morgan fingerprint density at radius 2 is 2.10 bits per heavy atom. The van der Waals surface area contributed by atoms with E-state index < -0.39 is 0 Å². The number of carbonyl (C=O) groups excluding carboxylic acids is 1. The minimum Gasteiger partial charge on any atom is -0.378 e. The first kappa shape index (κ1) is 19.4. The topological polar surface area (TPSA) is 94.3 Å². The average Bonchev–Trinajstić information content (AvgIpc) is 3.10. The maximum Gasteiger partial charge on any atom is 0.264 e. The smallest absolute Gasteiger partial charge is 0.264 e. The van der Waals surface area contributed by atoms with Gasteiger partial charge in [0.15, 0.2) is 5.65 Å². The maximum atomic E-state index is 12.6. The molecule has 152 valence electrons. The number of aromatic nitrogens is 4. The summed E-state index contributed by atoms with van der Waals surface area (Å²) in [7, 11) is 1.73. The van der Waals surface area contributed by atoms with E-state index in [-0.39, 0.29) is 24.4 Å². The first-order valence-electron chi connectivity index (χ1n) is 9.32. The highest BCUT2D eigenvalue weighted by atomic mass is 35.5. The van der Waals surface area contributed by atoms with Crippen molar-refractivity contribution < 1.29 is 9.53 Å². The van der Waals surface area contributed by atoms with Gasteiger partial charge in [-0.05, 0) is 18.2 Å². The summed E-state index contributed by atoms with van der Waals surface area (Å²) in [5, 5.41) is 7.94. The number of benzene rings is 1. The number of fused-ring (bicyclic) bond motifs is 1. The summed E-state index contributed by atoms with van der Waals surface area (Å²) in [6.45, 7) is 2.99. The fourth-order valence-corrected chi connectivity index (χ4v) is 3.52. The molecule has 1 N–H and O–H groups in total. The number of nitrogens with zero attached hydrogens (tertiary/aromatic N) is 5. The van der Waals surface area contributed by atoms with E-state index in [2.05, 4.69) is 20.3 Å². The zero-order valence-corrected chi connectivity index (χ0v) is 16.7. The Morgan fingerprint density at radius 1 is 1.31 bits per heavy atom. The minimum absolute atomic E-state index is 0.127. The summed E-state index contributed by atoms with van der Waals surface area (Å²) >= 11 is 6.13. The van der Waals surface area contributed by atoms with Crippen LogP contribution in [-0.2, 0) is 23.1 Å². The molecule has 1 aromatic carbocycles. The van der Waals surface area contributed by atoms with Crippen molar-refractivity contribution >= 4 is 39.9 Å². The lowest BCUT2D eigenvalue weighted by Gasteiger charge is -2.30. The molecule has 10 heteroatoms. The fraction of sp³-hybridized carbons (Fsp3) is 0.368. The third-order valence-corrected chi connectivity index (χ3v) is 5.12. The second-order valence-electron chi connectivity index (χ2n) is 6.81. The molecule has 29 heavy (non-hydrogen) atoms. The highest BCUT2D eigenvalue weighted by Gasteiger charge is 2.17. The van der Waals surface area contributed by atoms with Gasteiger partial charge in [-0.25, -0.2) is 4.98 Å². The van der Waals surface area contributed by atoms with Gasteiger partial charge in [0.2, 0.25) is 5.91 Å². The van der Waals surface area contributed by atoms with Crippen molar-refractivity contribution in [3.05, 3.63) is 46.1 Å². The molecule has 4 rings (SSSR count). The van der Waals surface area contributed by atoms with Crippen molar-refractivity contribution in [2.45, 2.75) is 13.0 Å². The van der Waals surface area contributed by atoms with Crippen LogP contribution in [0.4, 0.5) is 11.4 Å². The number of morpholine rings is 1. The molecule has 1 saturated heterocycles. The summed E-state index contributed by atoms with van der Waals surface area (Å²) in [5.74, 6) is -0.208. The summed E-state index contributed by atoms with van der Waals surface area (Å²) in [6.07, 6.45) is 3.06. The van der Waals surface area contributed by atoms with E-state index in [0.717, 1.165) is 18.8 Å². The number of aryl methyl sites for hydroxylation is 2. The average molecular weight is 417 g/mol. The molecule has 0 unspecified atom stereocenters. The second kappa shape index (κ2) is 8.22. The van der Waals surface area contributed by atoms with Crippen LogP contribution in [0.3, 0.4) is 0 Å². The first-order valence-corrected chi connectivity index (χ1v) is 9.70. The van der Waals surface area contributed by atoms with E-state index in [1.165, 1.54) is 17.1 Å². The van der Waals surface area contributed by atoms with Crippen LogP contribution >= 0.6 is 11.6 Å². The van der Waals surface area contributed by atoms with E-state index in [0.29, 0.717) is 35.0 Å². The molecule has 1 fully saturated rings. The van der Waals surface area contributed by atoms with Crippen molar-refractivity contribution in [1.29, 1.82) is 0 Å². The molecule has 1 aliphatic heterocycles. The van der Waals surface area contributed by atoms with E-state index in [9.17, 15) is 9.59 Å². The number of halogens is 1. The maximum absolute atomic E-state index is 12.6. The van der Waals surface area contributed by atoms with Crippen molar-refractivity contribution in [3.63, 3.8) is 0 Å². The first-order chi connectivity index (χ1) is 14.0. The van der Waals surface area contributed by atoms with Gasteiger partial charge in [-0.2, -0.15) is 5.10 Å². The SMILES string of the molecule is Cn1ncc2c(=O)n(CCC(=O)Nc3cc(Cl)ccc3N3CCOCC3)cnc21. The molecule has 0 aliphatic carbocycles. The number of amides is 1. The predicted molar refractivity (Wildman–Crippen MR) is 110 cm³/mol. The highest BCUT2D eigenvalue weighted by Crippen LogP contribution is 2.30. The molecule has 0 saturated carbocycles. The van der Waals surface area contributed by atoms with Crippen molar-refractivity contribution in [3.8, 4) is 0 Å². The number of ether oxygens (including phenoxy) is 1.